The van der Waals surface area contributed by atoms with Crippen LogP contribution in [0.5, 0.6) is 0 Å². The fraction of sp³-hybridized carbons (Fsp3) is 0.667. The highest BCUT2D eigenvalue weighted by Gasteiger charge is 2.54. The van der Waals surface area contributed by atoms with Gasteiger partial charge in [0.2, 0.25) is 0 Å². The van der Waals surface area contributed by atoms with Crippen LogP contribution in [-0.2, 0) is 4.74 Å². The predicted molar refractivity (Wildman–Crippen MR) is 107 cm³/mol. The van der Waals surface area contributed by atoms with Crippen molar-refractivity contribution < 1.29 is 14.6 Å². The van der Waals surface area contributed by atoms with Crippen molar-refractivity contribution in [2.24, 2.45) is 5.92 Å². The Morgan fingerprint density at radius 1 is 1.34 bits per heavy atom. The number of aliphatic hydroxyl groups excluding tert-OH is 1. The van der Waals surface area contributed by atoms with Gasteiger partial charge in [0, 0.05) is 38.0 Å². The molecule has 1 amide bonds. The quantitative estimate of drug-likeness (QED) is 0.804. The van der Waals surface area contributed by atoms with Crippen molar-refractivity contribution in [2.75, 3.05) is 26.2 Å². The van der Waals surface area contributed by atoms with Crippen LogP contribution in [0.25, 0.3) is 5.65 Å². The van der Waals surface area contributed by atoms with Gasteiger partial charge in [-0.1, -0.05) is 0 Å². The Morgan fingerprint density at radius 2 is 2.14 bits per heavy atom. The molecule has 0 bridgehead atoms. The summed E-state index contributed by atoms with van der Waals surface area (Å²) in [4.78, 5) is 19.6. The number of carbonyl (C=O) groups excluding carboxylic acids is 1. The number of likely N-dealkylation sites (tertiary alicyclic amines) is 1. The Hall–Kier alpha value is -2.03. The van der Waals surface area contributed by atoms with Gasteiger partial charge in [0.1, 0.15) is 12.4 Å². The lowest BCUT2D eigenvalue weighted by Crippen LogP contribution is -2.69. The molecular formula is C21H29N5O3. The topological polar surface area (TPSA) is 92.0 Å². The third-order valence-corrected chi connectivity index (χ3v) is 6.97. The standard InChI is InChI=1S/C21H29N5O3/c1-20(24-18(27)16-4-8-26-17(12-16)22-14-23-26)7-11-29-21(19(20)28)5-9-25(10-6-21)13-15-2-3-15/h4,8,12,14-15,19,28H,2-3,5-7,9-11,13H2,1H3,(H,24,27)/t19-,20+/m1/s1. The third kappa shape index (κ3) is 3.53. The van der Waals surface area contributed by atoms with Gasteiger partial charge >= 0.3 is 0 Å². The number of nitrogens with zero attached hydrogens (tertiary/aromatic N) is 4. The zero-order valence-corrected chi connectivity index (χ0v) is 16.9. The van der Waals surface area contributed by atoms with E-state index in [0.717, 1.165) is 31.8 Å². The Bertz CT molecular complexity index is 903. The largest absolute Gasteiger partial charge is 0.388 e. The predicted octanol–water partition coefficient (Wildman–Crippen LogP) is 1.24. The molecule has 1 spiro atoms. The number of rotatable bonds is 4. The van der Waals surface area contributed by atoms with Gasteiger partial charge in [0.05, 0.1) is 11.1 Å². The second-order valence-electron chi connectivity index (χ2n) is 9.16. The molecule has 3 aliphatic rings. The van der Waals surface area contributed by atoms with Crippen LogP contribution in [0.1, 0.15) is 49.4 Å². The Morgan fingerprint density at radius 3 is 2.90 bits per heavy atom. The molecule has 1 saturated carbocycles. The van der Waals surface area contributed by atoms with E-state index in [0.29, 0.717) is 24.2 Å². The highest BCUT2D eigenvalue weighted by molar-refractivity contribution is 5.95. The highest BCUT2D eigenvalue weighted by Crippen LogP contribution is 2.41. The number of aromatic nitrogens is 3. The lowest BCUT2D eigenvalue weighted by molar-refractivity contribution is -0.205. The number of hydrogen-bond donors (Lipinski definition) is 2. The van der Waals surface area contributed by atoms with Gasteiger partial charge in [-0.2, -0.15) is 5.10 Å². The van der Waals surface area contributed by atoms with Crippen LogP contribution in [0.3, 0.4) is 0 Å². The fourth-order valence-electron chi connectivity index (χ4n) is 4.88. The van der Waals surface area contributed by atoms with Gasteiger partial charge in [-0.25, -0.2) is 9.50 Å². The number of hydrogen-bond acceptors (Lipinski definition) is 6. The van der Waals surface area contributed by atoms with E-state index in [4.69, 9.17) is 4.74 Å². The van der Waals surface area contributed by atoms with Crippen molar-refractivity contribution in [3.05, 3.63) is 30.2 Å². The van der Waals surface area contributed by atoms with E-state index in [1.165, 1.54) is 25.7 Å². The first-order valence-corrected chi connectivity index (χ1v) is 10.6. The molecule has 2 aliphatic heterocycles. The number of carbonyl (C=O) groups is 1. The normalized spacial score (nSPS) is 29.9. The van der Waals surface area contributed by atoms with Crippen molar-refractivity contribution in [3.8, 4) is 0 Å². The first kappa shape index (κ1) is 19.0. The molecule has 3 fully saturated rings. The molecule has 0 unspecified atom stereocenters. The minimum absolute atomic E-state index is 0.208. The smallest absolute Gasteiger partial charge is 0.251 e. The van der Waals surface area contributed by atoms with Gasteiger partial charge < -0.3 is 20.1 Å². The lowest BCUT2D eigenvalue weighted by Gasteiger charge is -2.53. The van der Waals surface area contributed by atoms with Crippen LogP contribution in [0.15, 0.2) is 24.7 Å². The van der Waals surface area contributed by atoms with Crippen molar-refractivity contribution in [1.29, 1.82) is 0 Å². The lowest BCUT2D eigenvalue weighted by atomic mass is 9.73. The first-order chi connectivity index (χ1) is 14.0. The molecule has 2 aromatic heterocycles. The zero-order valence-electron chi connectivity index (χ0n) is 16.9. The summed E-state index contributed by atoms with van der Waals surface area (Å²) in [5.74, 6) is 0.661. The number of fused-ring (bicyclic) bond motifs is 1. The number of piperidine rings is 1. The summed E-state index contributed by atoms with van der Waals surface area (Å²) in [6, 6.07) is 3.43. The Labute approximate surface area is 170 Å². The maximum Gasteiger partial charge on any atom is 0.251 e. The summed E-state index contributed by atoms with van der Waals surface area (Å²) in [6.45, 7) is 5.54. The molecule has 2 saturated heterocycles. The monoisotopic (exact) mass is 399 g/mol. The van der Waals surface area contributed by atoms with E-state index in [1.54, 1.807) is 22.8 Å². The minimum Gasteiger partial charge on any atom is -0.388 e. The third-order valence-electron chi connectivity index (χ3n) is 6.97. The van der Waals surface area contributed by atoms with E-state index < -0.39 is 17.2 Å². The molecule has 2 N–H and O–H groups in total. The first-order valence-electron chi connectivity index (χ1n) is 10.6. The number of amides is 1. The molecule has 0 aromatic carbocycles. The Kier molecular flexibility index (Phi) is 4.60. The van der Waals surface area contributed by atoms with Gasteiger partial charge in [0.25, 0.3) is 5.91 Å². The van der Waals surface area contributed by atoms with E-state index in [2.05, 4.69) is 20.3 Å². The van der Waals surface area contributed by atoms with Crippen molar-refractivity contribution in [2.45, 2.75) is 56.3 Å². The summed E-state index contributed by atoms with van der Waals surface area (Å²) >= 11 is 0. The molecular weight excluding hydrogens is 370 g/mol. The second kappa shape index (κ2) is 7.04. The zero-order chi connectivity index (χ0) is 20.1. The molecule has 2 aromatic rings. The maximum atomic E-state index is 13.0. The van der Waals surface area contributed by atoms with E-state index in [1.807, 2.05) is 6.92 Å². The van der Waals surface area contributed by atoms with Crippen LogP contribution in [0.2, 0.25) is 0 Å². The fourth-order valence-corrected chi connectivity index (χ4v) is 4.88. The molecule has 8 nitrogen and oxygen atoms in total. The molecule has 156 valence electrons. The van der Waals surface area contributed by atoms with E-state index in [-0.39, 0.29) is 5.91 Å². The maximum absolute atomic E-state index is 13.0. The highest BCUT2D eigenvalue weighted by atomic mass is 16.5. The van der Waals surface area contributed by atoms with Crippen molar-refractivity contribution in [1.82, 2.24) is 24.8 Å². The number of pyridine rings is 1. The number of nitrogens with one attached hydrogen (secondary N) is 1. The average molecular weight is 399 g/mol. The summed E-state index contributed by atoms with van der Waals surface area (Å²) in [5.41, 5.74) is -0.168. The molecule has 0 radical (unpaired) electrons. The van der Waals surface area contributed by atoms with Crippen LogP contribution < -0.4 is 5.32 Å². The minimum atomic E-state index is -0.743. The molecule has 29 heavy (non-hydrogen) atoms. The molecule has 5 rings (SSSR count). The Balaban J connectivity index is 1.29. The van der Waals surface area contributed by atoms with Crippen LogP contribution in [0.4, 0.5) is 0 Å². The molecule has 1 aliphatic carbocycles. The van der Waals surface area contributed by atoms with Crippen LogP contribution in [-0.4, -0.2) is 74.0 Å². The summed E-state index contributed by atoms with van der Waals surface area (Å²) in [5, 5.41) is 18.5. The number of aliphatic hydroxyl groups is 1. The summed E-state index contributed by atoms with van der Waals surface area (Å²) in [6.07, 6.45) is 7.33. The van der Waals surface area contributed by atoms with Gasteiger partial charge in [0.15, 0.2) is 5.65 Å². The summed E-state index contributed by atoms with van der Waals surface area (Å²) < 4.78 is 7.79. The van der Waals surface area contributed by atoms with Gasteiger partial charge in [-0.05, 0) is 57.1 Å². The molecule has 8 heteroatoms. The van der Waals surface area contributed by atoms with Crippen molar-refractivity contribution in [3.63, 3.8) is 0 Å². The average Bonchev–Trinajstić information content (AvgIpc) is 3.40. The summed E-state index contributed by atoms with van der Waals surface area (Å²) in [7, 11) is 0. The van der Waals surface area contributed by atoms with Crippen LogP contribution in [0, 0.1) is 5.92 Å². The number of ether oxygens (including phenoxy) is 1. The SMILES string of the molecule is C[C@]1(NC(=O)c2ccn3ncnc3c2)CCOC2(CCN(CC3CC3)CC2)[C@@H]1O. The van der Waals surface area contributed by atoms with Gasteiger partial charge in [-0.3, -0.25) is 4.79 Å². The van der Waals surface area contributed by atoms with Gasteiger partial charge in [-0.15, -0.1) is 0 Å². The second-order valence-corrected chi connectivity index (χ2v) is 9.16. The molecule has 2 atom stereocenters. The molecule has 4 heterocycles. The van der Waals surface area contributed by atoms with Crippen molar-refractivity contribution >= 4 is 11.6 Å². The van der Waals surface area contributed by atoms with Crippen LogP contribution >= 0.6 is 0 Å². The van der Waals surface area contributed by atoms with E-state index >= 15 is 0 Å². The van der Waals surface area contributed by atoms with E-state index in [9.17, 15) is 9.90 Å².